The van der Waals surface area contributed by atoms with E-state index in [4.69, 9.17) is 5.73 Å². The molecule has 1 aliphatic rings. The first-order chi connectivity index (χ1) is 7.24. The normalized spacial score (nSPS) is 19.0. The lowest BCUT2D eigenvalue weighted by atomic mass is 10.4. The Morgan fingerprint density at radius 3 is 2.53 bits per heavy atom. The maximum Gasteiger partial charge on any atom is 0.159 e. The van der Waals surface area contributed by atoms with Gasteiger partial charge in [0.05, 0.1) is 12.4 Å². The molecule has 1 aromatic heterocycles. The Labute approximate surface area is 89.1 Å². The minimum absolute atomic E-state index is 0.443. The molecule has 0 aromatic carbocycles. The van der Waals surface area contributed by atoms with Crippen LogP contribution in [0.15, 0.2) is 12.4 Å². The fourth-order valence-corrected chi connectivity index (χ4v) is 1.48. The molecular weight excluding hydrogens is 192 g/mol. The molecule has 0 aliphatic carbocycles. The summed E-state index contributed by atoms with van der Waals surface area (Å²) >= 11 is 0. The molecule has 6 nitrogen and oxygen atoms in total. The van der Waals surface area contributed by atoms with Gasteiger partial charge < -0.3 is 16.1 Å². The molecule has 0 radical (unpaired) electrons. The second kappa shape index (κ2) is 4.41. The van der Waals surface area contributed by atoms with Crippen LogP contribution in [0.25, 0.3) is 0 Å². The molecule has 15 heavy (non-hydrogen) atoms. The van der Waals surface area contributed by atoms with Gasteiger partial charge in [-0.15, -0.1) is 0 Å². The average Bonchev–Trinajstić information content (AvgIpc) is 2.25. The lowest BCUT2D eigenvalue weighted by Gasteiger charge is -2.32. The molecule has 0 spiro atoms. The van der Waals surface area contributed by atoms with Crippen LogP contribution < -0.4 is 11.2 Å². The van der Waals surface area contributed by atoms with Gasteiger partial charge in [0.15, 0.2) is 5.82 Å². The van der Waals surface area contributed by atoms with Crippen molar-refractivity contribution >= 4 is 11.6 Å². The highest BCUT2D eigenvalue weighted by Crippen LogP contribution is 2.05. The van der Waals surface area contributed by atoms with E-state index in [-0.39, 0.29) is 0 Å². The van der Waals surface area contributed by atoms with Crippen LogP contribution in [0.4, 0.5) is 11.6 Å². The van der Waals surface area contributed by atoms with Crippen LogP contribution in [0, 0.1) is 0 Å². The number of rotatable bonds is 2. The van der Waals surface area contributed by atoms with Crippen molar-refractivity contribution in [2.45, 2.75) is 0 Å². The van der Waals surface area contributed by atoms with Gasteiger partial charge in [0, 0.05) is 26.2 Å². The average molecular weight is 208 g/mol. The van der Waals surface area contributed by atoms with Gasteiger partial charge in [-0.1, -0.05) is 0 Å². The van der Waals surface area contributed by atoms with Crippen LogP contribution in [0.5, 0.6) is 0 Å². The molecular formula is C9H16N6. The standard InChI is InChI=1S/C9H16N6/c1-14-2-4-15(5-3-14)13-9-7-11-8(10)6-12-9/h6-7H,2-5H2,1H3,(H2,10,11)(H,12,13). The first-order valence-corrected chi connectivity index (χ1v) is 5.02. The second-order valence-corrected chi connectivity index (χ2v) is 3.73. The summed E-state index contributed by atoms with van der Waals surface area (Å²) in [5.74, 6) is 1.19. The van der Waals surface area contributed by atoms with E-state index in [1.807, 2.05) is 0 Å². The monoisotopic (exact) mass is 208 g/mol. The molecule has 1 aromatic rings. The van der Waals surface area contributed by atoms with Gasteiger partial charge in [-0.05, 0) is 7.05 Å². The van der Waals surface area contributed by atoms with E-state index in [0.29, 0.717) is 5.82 Å². The zero-order chi connectivity index (χ0) is 10.7. The number of hydrogen-bond acceptors (Lipinski definition) is 6. The van der Waals surface area contributed by atoms with Gasteiger partial charge in [-0.3, -0.25) is 0 Å². The zero-order valence-corrected chi connectivity index (χ0v) is 8.85. The number of hydrazine groups is 1. The maximum atomic E-state index is 5.46. The Bertz CT molecular complexity index is 303. The van der Waals surface area contributed by atoms with Gasteiger partial charge in [0.25, 0.3) is 0 Å². The van der Waals surface area contributed by atoms with Crippen molar-refractivity contribution in [1.29, 1.82) is 0 Å². The third-order valence-corrected chi connectivity index (χ3v) is 2.45. The van der Waals surface area contributed by atoms with Gasteiger partial charge in [-0.25, -0.2) is 15.0 Å². The van der Waals surface area contributed by atoms with E-state index in [2.05, 4.69) is 32.4 Å². The van der Waals surface area contributed by atoms with Gasteiger partial charge >= 0.3 is 0 Å². The number of anilines is 2. The van der Waals surface area contributed by atoms with E-state index in [1.54, 1.807) is 12.4 Å². The van der Waals surface area contributed by atoms with Crippen LogP contribution in [0.2, 0.25) is 0 Å². The molecule has 1 saturated heterocycles. The molecule has 2 rings (SSSR count). The van der Waals surface area contributed by atoms with E-state index in [9.17, 15) is 0 Å². The minimum atomic E-state index is 0.443. The predicted molar refractivity (Wildman–Crippen MR) is 59.1 cm³/mol. The fourth-order valence-electron chi connectivity index (χ4n) is 1.48. The summed E-state index contributed by atoms with van der Waals surface area (Å²) in [6.07, 6.45) is 3.20. The Kier molecular flexibility index (Phi) is 2.98. The summed E-state index contributed by atoms with van der Waals surface area (Å²) in [5.41, 5.74) is 8.66. The zero-order valence-electron chi connectivity index (χ0n) is 8.85. The number of nitrogen functional groups attached to an aromatic ring is 1. The highest BCUT2D eigenvalue weighted by Gasteiger charge is 2.13. The van der Waals surface area contributed by atoms with Crippen LogP contribution >= 0.6 is 0 Å². The quantitative estimate of drug-likeness (QED) is 0.691. The summed E-state index contributed by atoms with van der Waals surface area (Å²) < 4.78 is 0. The van der Waals surface area contributed by atoms with Crippen molar-refractivity contribution in [2.75, 3.05) is 44.4 Å². The second-order valence-electron chi connectivity index (χ2n) is 3.73. The third-order valence-electron chi connectivity index (χ3n) is 2.45. The molecule has 2 heterocycles. The summed E-state index contributed by atoms with van der Waals surface area (Å²) in [6, 6.07) is 0. The molecule has 0 bridgehead atoms. The SMILES string of the molecule is CN1CCN(Nc2cnc(N)cn2)CC1. The number of aromatic nitrogens is 2. The number of hydrogen-bond donors (Lipinski definition) is 2. The highest BCUT2D eigenvalue weighted by molar-refractivity contribution is 5.35. The number of nitrogens with one attached hydrogen (secondary N) is 1. The van der Waals surface area contributed by atoms with Crippen LogP contribution in [-0.4, -0.2) is 53.1 Å². The van der Waals surface area contributed by atoms with E-state index in [1.165, 1.54) is 0 Å². The van der Waals surface area contributed by atoms with Crippen LogP contribution in [0.3, 0.4) is 0 Å². The number of nitrogens with zero attached hydrogens (tertiary/aromatic N) is 4. The predicted octanol–water partition coefficient (Wildman–Crippen LogP) is -0.367. The smallest absolute Gasteiger partial charge is 0.159 e. The number of piperazine rings is 1. The minimum Gasteiger partial charge on any atom is -0.382 e. The van der Waals surface area contributed by atoms with Crippen LogP contribution in [0.1, 0.15) is 0 Å². The first-order valence-electron chi connectivity index (χ1n) is 5.02. The lowest BCUT2D eigenvalue weighted by molar-refractivity contribution is 0.178. The van der Waals surface area contributed by atoms with Crippen molar-refractivity contribution in [1.82, 2.24) is 19.9 Å². The molecule has 3 N–H and O–H groups in total. The van der Waals surface area contributed by atoms with Crippen molar-refractivity contribution < 1.29 is 0 Å². The summed E-state index contributed by atoms with van der Waals surface area (Å²) in [4.78, 5) is 10.4. The van der Waals surface area contributed by atoms with Gasteiger partial charge in [0.2, 0.25) is 0 Å². The molecule has 82 valence electrons. The van der Waals surface area contributed by atoms with Gasteiger partial charge in [-0.2, -0.15) is 0 Å². The molecule has 1 fully saturated rings. The topological polar surface area (TPSA) is 70.3 Å². The summed E-state index contributed by atoms with van der Waals surface area (Å²) in [7, 11) is 2.13. The van der Waals surface area contributed by atoms with Crippen molar-refractivity contribution in [3.8, 4) is 0 Å². The Morgan fingerprint density at radius 2 is 1.93 bits per heavy atom. The lowest BCUT2D eigenvalue weighted by Crippen LogP contribution is -2.47. The maximum absolute atomic E-state index is 5.46. The molecule has 0 unspecified atom stereocenters. The largest absolute Gasteiger partial charge is 0.382 e. The molecule has 0 atom stereocenters. The van der Waals surface area contributed by atoms with E-state index >= 15 is 0 Å². The first kappa shape index (κ1) is 10.1. The van der Waals surface area contributed by atoms with Crippen molar-refractivity contribution in [3.05, 3.63) is 12.4 Å². The summed E-state index contributed by atoms with van der Waals surface area (Å²) in [6.45, 7) is 4.11. The Balaban J connectivity index is 1.89. The third kappa shape index (κ3) is 2.77. The molecule has 0 amide bonds. The van der Waals surface area contributed by atoms with E-state index < -0.39 is 0 Å². The Morgan fingerprint density at radius 1 is 1.20 bits per heavy atom. The highest BCUT2D eigenvalue weighted by atomic mass is 15.5. The summed E-state index contributed by atoms with van der Waals surface area (Å²) in [5, 5.41) is 2.14. The molecule has 0 saturated carbocycles. The molecule has 1 aliphatic heterocycles. The number of likely N-dealkylation sites (N-methyl/N-ethyl adjacent to an activating group) is 1. The number of nitrogens with two attached hydrogens (primary N) is 1. The fraction of sp³-hybridized carbons (Fsp3) is 0.556. The Hall–Kier alpha value is -1.40. The van der Waals surface area contributed by atoms with Crippen molar-refractivity contribution in [2.24, 2.45) is 0 Å². The van der Waals surface area contributed by atoms with Crippen molar-refractivity contribution in [3.63, 3.8) is 0 Å². The molecule has 6 heteroatoms. The van der Waals surface area contributed by atoms with Gasteiger partial charge in [0.1, 0.15) is 5.82 Å². The van der Waals surface area contributed by atoms with E-state index in [0.717, 1.165) is 32.0 Å². The van der Waals surface area contributed by atoms with Crippen LogP contribution in [-0.2, 0) is 0 Å².